The summed E-state index contributed by atoms with van der Waals surface area (Å²) in [6.07, 6.45) is 2.92. The van der Waals surface area contributed by atoms with E-state index in [1.807, 2.05) is 49.3 Å². The number of fused-ring (bicyclic) bond motifs is 1. The molecule has 2 atom stereocenters. The molecule has 7 nitrogen and oxygen atoms in total. The van der Waals surface area contributed by atoms with E-state index in [2.05, 4.69) is 28.7 Å². The summed E-state index contributed by atoms with van der Waals surface area (Å²) in [6.45, 7) is 16.3. The molecule has 5 rings (SSSR count). The van der Waals surface area contributed by atoms with Crippen LogP contribution < -0.4 is 0 Å². The Morgan fingerprint density at radius 3 is 1.96 bits per heavy atom. The highest BCUT2D eigenvalue weighted by Crippen LogP contribution is 2.46. The van der Waals surface area contributed by atoms with Gasteiger partial charge in [-0.05, 0) is 125 Å². The van der Waals surface area contributed by atoms with Crippen LogP contribution >= 0.6 is 0 Å². The third-order valence-electron chi connectivity index (χ3n) is 8.87. The van der Waals surface area contributed by atoms with Crippen molar-refractivity contribution in [3.63, 3.8) is 0 Å². The Balaban J connectivity index is 0.000000221. The molecule has 0 spiro atoms. The number of hydrogen-bond donors (Lipinski definition) is 2. The van der Waals surface area contributed by atoms with Gasteiger partial charge in [0, 0.05) is 0 Å². The topological polar surface area (TPSA) is 64.9 Å². The number of ether oxygens (including phenoxy) is 1. The van der Waals surface area contributed by atoms with Crippen molar-refractivity contribution in [1.29, 1.82) is 0 Å². The normalized spacial score (nSPS) is 16.3. The third-order valence-corrected chi connectivity index (χ3v) is 8.87. The number of rotatable bonds is 12. The van der Waals surface area contributed by atoms with Crippen LogP contribution in [0.25, 0.3) is 9.69 Å². The Hall–Kier alpha value is -4.48. The Labute approximate surface area is 288 Å². The van der Waals surface area contributed by atoms with E-state index in [-0.39, 0.29) is 18.2 Å². The molecule has 4 aromatic carbocycles. The minimum absolute atomic E-state index is 0.247. The molecule has 4 aromatic rings. The summed E-state index contributed by atoms with van der Waals surface area (Å²) in [5.74, 6) is -0.617. The van der Waals surface area contributed by atoms with E-state index in [1.54, 1.807) is 30.3 Å². The zero-order valence-electron chi connectivity index (χ0n) is 28.6. The van der Waals surface area contributed by atoms with Gasteiger partial charge in [-0.25, -0.2) is 18.5 Å². The molecule has 0 radical (unpaired) electrons. The van der Waals surface area contributed by atoms with Crippen LogP contribution in [0.4, 0.5) is 20.2 Å². The standard InChI is InChI=1S/C20H23FN2O2.C20H21FN2O/c1-22-18-9-10-19(15(13-18)14-24)20(25,11-4-12-23(2)3)16-5-7-17(21)8-6-16;1-22-18-9-10-19-15(13-18)14-24-20(19,11-4-12-23(2)3)16-5-7-17(21)8-6-16/h5-10,13,24-25H,4,11-12,14H2,2-3H3;5-10,13H,4,11-12,14H2,2-3H3. The lowest BCUT2D eigenvalue weighted by molar-refractivity contribution is -0.0140. The molecular weight excluding hydrogens is 622 g/mol. The average Bonchev–Trinajstić information content (AvgIpc) is 3.46. The average molecular weight is 667 g/mol. The van der Waals surface area contributed by atoms with E-state index < -0.39 is 11.2 Å². The molecule has 1 heterocycles. The SMILES string of the molecule is [C-]#[N+]c1ccc(C(O)(CCCN(C)C)c2ccc(F)cc2)c(CO)c1.[C-]#[N+]c1ccc2c(c1)COC2(CCCN(C)C)c1ccc(F)cc1. The number of benzene rings is 4. The first-order valence-corrected chi connectivity index (χ1v) is 16.3. The van der Waals surface area contributed by atoms with Crippen molar-refractivity contribution >= 4 is 11.4 Å². The molecule has 9 heteroatoms. The molecule has 0 saturated carbocycles. The Kier molecular flexibility index (Phi) is 12.8. The molecule has 1 aliphatic rings. The number of halogens is 2. The summed E-state index contributed by atoms with van der Waals surface area (Å²) < 4.78 is 33.0. The zero-order chi connectivity index (χ0) is 35.6. The first-order valence-electron chi connectivity index (χ1n) is 16.3. The van der Waals surface area contributed by atoms with Crippen LogP contribution in [0.3, 0.4) is 0 Å². The van der Waals surface area contributed by atoms with Crippen molar-refractivity contribution in [3.8, 4) is 0 Å². The van der Waals surface area contributed by atoms with E-state index in [4.69, 9.17) is 17.9 Å². The summed E-state index contributed by atoms with van der Waals surface area (Å²) in [5.41, 5.74) is 3.86. The van der Waals surface area contributed by atoms with Crippen LogP contribution in [-0.4, -0.2) is 61.3 Å². The van der Waals surface area contributed by atoms with Gasteiger partial charge in [0.1, 0.15) is 22.8 Å². The van der Waals surface area contributed by atoms with Gasteiger partial charge >= 0.3 is 0 Å². The largest absolute Gasteiger partial charge is 0.392 e. The van der Waals surface area contributed by atoms with Crippen molar-refractivity contribution in [2.45, 2.75) is 50.1 Å². The molecule has 256 valence electrons. The summed E-state index contributed by atoms with van der Waals surface area (Å²) in [4.78, 5) is 11.1. The molecule has 0 bridgehead atoms. The number of aliphatic hydroxyl groups is 2. The van der Waals surface area contributed by atoms with Crippen LogP contribution in [0.2, 0.25) is 0 Å². The molecule has 0 aliphatic carbocycles. The molecule has 1 aliphatic heterocycles. The maximum atomic E-state index is 13.4. The molecule has 0 saturated heterocycles. The first kappa shape index (κ1) is 37.3. The molecule has 0 fully saturated rings. The van der Waals surface area contributed by atoms with Gasteiger partial charge in [0.25, 0.3) is 0 Å². The van der Waals surface area contributed by atoms with Crippen molar-refractivity contribution in [1.82, 2.24) is 9.80 Å². The van der Waals surface area contributed by atoms with Gasteiger partial charge in [-0.2, -0.15) is 0 Å². The quantitative estimate of drug-likeness (QED) is 0.150. The summed E-state index contributed by atoms with van der Waals surface area (Å²) in [6, 6.07) is 23.0. The zero-order valence-corrected chi connectivity index (χ0v) is 28.6. The number of aliphatic hydroxyl groups excluding tert-OH is 1. The third kappa shape index (κ3) is 8.96. The fourth-order valence-electron chi connectivity index (χ4n) is 6.39. The van der Waals surface area contributed by atoms with E-state index in [0.717, 1.165) is 49.0 Å². The highest BCUT2D eigenvalue weighted by atomic mass is 19.1. The van der Waals surface area contributed by atoms with Crippen LogP contribution in [0, 0.1) is 24.8 Å². The molecule has 49 heavy (non-hydrogen) atoms. The summed E-state index contributed by atoms with van der Waals surface area (Å²) >= 11 is 0. The molecule has 2 unspecified atom stereocenters. The highest BCUT2D eigenvalue weighted by Gasteiger charge is 2.41. The lowest BCUT2D eigenvalue weighted by atomic mass is 9.80. The second-order valence-corrected chi connectivity index (χ2v) is 12.9. The number of hydrogen-bond acceptors (Lipinski definition) is 5. The van der Waals surface area contributed by atoms with E-state index in [9.17, 15) is 19.0 Å². The van der Waals surface area contributed by atoms with Gasteiger partial charge in [0.05, 0.1) is 26.4 Å². The lowest BCUT2D eigenvalue weighted by Gasteiger charge is -2.32. The van der Waals surface area contributed by atoms with Gasteiger partial charge in [-0.3, -0.25) is 0 Å². The highest BCUT2D eigenvalue weighted by molar-refractivity contribution is 5.55. The van der Waals surface area contributed by atoms with Gasteiger partial charge in [0.15, 0.2) is 11.4 Å². The predicted molar refractivity (Wildman–Crippen MR) is 188 cm³/mol. The maximum Gasteiger partial charge on any atom is 0.187 e. The van der Waals surface area contributed by atoms with Crippen LogP contribution in [0.1, 0.15) is 59.1 Å². The van der Waals surface area contributed by atoms with E-state index >= 15 is 0 Å². The Morgan fingerprint density at radius 1 is 0.796 bits per heavy atom. The lowest BCUT2D eigenvalue weighted by Crippen LogP contribution is -2.30. The van der Waals surface area contributed by atoms with E-state index in [1.165, 1.54) is 24.3 Å². The van der Waals surface area contributed by atoms with Crippen LogP contribution in [0.5, 0.6) is 0 Å². The minimum atomic E-state index is -1.36. The van der Waals surface area contributed by atoms with Gasteiger partial charge in [-0.15, -0.1) is 0 Å². The van der Waals surface area contributed by atoms with Gasteiger partial charge in [0.2, 0.25) is 0 Å². The van der Waals surface area contributed by atoms with Crippen LogP contribution in [0.15, 0.2) is 84.9 Å². The van der Waals surface area contributed by atoms with Crippen molar-refractivity contribution in [3.05, 3.63) is 153 Å². The fraction of sp³-hybridized carbons (Fsp3) is 0.350. The predicted octanol–water partition coefficient (Wildman–Crippen LogP) is 7.94. The minimum Gasteiger partial charge on any atom is -0.392 e. The number of nitrogens with zero attached hydrogens (tertiary/aromatic N) is 4. The van der Waals surface area contributed by atoms with Gasteiger partial charge in [-0.1, -0.05) is 60.7 Å². The summed E-state index contributed by atoms with van der Waals surface area (Å²) in [5, 5.41) is 21.2. The second kappa shape index (κ2) is 16.8. The second-order valence-electron chi connectivity index (χ2n) is 12.9. The smallest absolute Gasteiger partial charge is 0.187 e. The molecular formula is C40H44F2N4O3. The monoisotopic (exact) mass is 666 g/mol. The van der Waals surface area contributed by atoms with Crippen molar-refractivity contribution in [2.75, 3.05) is 41.3 Å². The fourth-order valence-corrected chi connectivity index (χ4v) is 6.39. The Bertz CT molecular complexity index is 1780. The van der Waals surface area contributed by atoms with Crippen molar-refractivity contribution < 1.29 is 23.7 Å². The Morgan fingerprint density at radius 2 is 1.37 bits per heavy atom. The summed E-state index contributed by atoms with van der Waals surface area (Å²) in [7, 11) is 8.02. The van der Waals surface area contributed by atoms with Crippen molar-refractivity contribution in [2.24, 2.45) is 0 Å². The maximum absolute atomic E-state index is 13.4. The first-order chi connectivity index (χ1) is 23.4. The molecule has 2 N–H and O–H groups in total. The molecule has 0 aromatic heterocycles. The van der Waals surface area contributed by atoms with E-state index in [0.29, 0.717) is 41.1 Å². The molecule has 0 amide bonds. The van der Waals surface area contributed by atoms with Gasteiger partial charge < -0.3 is 24.7 Å². The van der Waals surface area contributed by atoms with Crippen LogP contribution in [-0.2, 0) is 29.2 Å².